The number of aliphatic hydroxyl groups is 2. The summed E-state index contributed by atoms with van der Waals surface area (Å²) in [6.07, 6.45) is 22.0. The van der Waals surface area contributed by atoms with Gasteiger partial charge in [-0.1, -0.05) is 246 Å². The first-order chi connectivity index (χ1) is 51.3. The number of aliphatic hydroxyl groups excluding tert-OH is 2. The summed E-state index contributed by atoms with van der Waals surface area (Å²) in [6, 6.07) is 58.2. The van der Waals surface area contributed by atoms with E-state index in [-0.39, 0.29) is 125 Å². The Labute approximate surface area is 619 Å². The zero-order valence-corrected chi connectivity index (χ0v) is 59.3. The summed E-state index contributed by atoms with van der Waals surface area (Å²) in [4.78, 5) is 77.9. The van der Waals surface area contributed by atoms with Gasteiger partial charge in [0.25, 0.3) is 0 Å². The molecule has 3 aliphatic carbocycles. The summed E-state index contributed by atoms with van der Waals surface area (Å²) in [6.45, 7) is 10.7. The molecular formula is C92H76O15. The van der Waals surface area contributed by atoms with Gasteiger partial charge in [-0.25, -0.2) is 0 Å². The normalized spacial score (nSPS) is 14.4. The van der Waals surface area contributed by atoms with Crippen molar-refractivity contribution in [2.75, 3.05) is 0 Å². The number of hydrogen-bond donors (Lipinski definition) is 9. The first-order valence-corrected chi connectivity index (χ1v) is 34.2. The third-order valence-corrected chi connectivity index (χ3v) is 17.6. The molecule has 0 spiro atoms. The van der Waals surface area contributed by atoms with Gasteiger partial charge in [-0.15, -0.1) is 0 Å². The first kappa shape index (κ1) is 75.7. The number of carbonyl (C=O) groups is 6. The fraction of sp³-hybridized carbons (Fsp3) is 0.0870. The molecule has 9 aromatic carbocycles. The van der Waals surface area contributed by atoms with Crippen molar-refractivity contribution in [3.8, 4) is 40.2 Å². The van der Waals surface area contributed by atoms with Gasteiger partial charge in [0, 0.05) is 85.0 Å². The third kappa shape index (κ3) is 17.9. The summed E-state index contributed by atoms with van der Waals surface area (Å²) in [5, 5.41) is 95.9. The van der Waals surface area contributed by atoms with Crippen molar-refractivity contribution in [1.29, 1.82) is 0 Å². The number of rotatable bonds is 17. The van der Waals surface area contributed by atoms with Gasteiger partial charge in [0.1, 0.15) is 51.8 Å². The van der Waals surface area contributed by atoms with E-state index >= 15 is 0 Å². The van der Waals surface area contributed by atoms with Crippen molar-refractivity contribution in [2.45, 2.75) is 47.5 Å². The Hall–Kier alpha value is -13.9. The number of aromatic hydroxyl groups is 7. The second-order valence-corrected chi connectivity index (χ2v) is 26.0. The Bertz CT molecular complexity index is 5380. The zero-order valence-electron chi connectivity index (χ0n) is 59.3. The largest absolute Gasteiger partial charge is 0.508 e. The van der Waals surface area contributed by atoms with Crippen molar-refractivity contribution in [3.05, 3.63) is 348 Å². The van der Waals surface area contributed by atoms with Crippen LogP contribution in [-0.2, 0) is 28.8 Å². The average Bonchev–Trinajstić information content (AvgIpc) is 0.756. The molecule has 12 rings (SSSR count). The maximum absolute atomic E-state index is 13.5. The second-order valence-electron chi connectivity index (χ2n) is 26.0. The molecule has 0 saturated carbocycles. The van der Waals surface area contributed by atoms with E-state index in [2.05, 4.69) is 0 Å². The molecule has 15 nitrogen and oxygen atoms in total. The lowest BCUT2D eigenvalue weighted by atomic mass is 9.78. The van der Waals surface area contributed by atoms with Crippen molar-refractivity contribution in [1.82, 2.24) is 0 Å². The monoisotopic (exact) mass is 1420 g/mol. The van der Waals surface area contributed by atoms with Crippen LogP contribution in [0.4, 0.5) is 0 Å². The maximum atomic E-state index is 13.5. The Morgan fingerprint density at radius 3 is 1.12 bits per heavy atom. The highest BCUT2D eigenvalue weighted by atomic mass is 16.3. The number of allylic oxidation sites excluding steroid dienone is 13. The Morgan fingerprint density at radius 2 is 0.692 bits per heavy atom. The molecule has 0 atom stereocenters. The van der Waals surface area contributed by atoms with Crippen molar-refractivity contribution < 1.29 is 74.7 Å². The fourth-order valence-electron chi connectivity index (χ4n) is 12.3. The Balaban J connectivity index is 0.000000172. The summed E-state index contributed by atoms with van der Waals surface area (Å²) in [7, 11) is 0. The van der Waals surface area contributed by atoms with Crippen molar-refractivity contribution in [3.63, 3.8) is 0 Å². The highest BCUT2D eigenvalue weighted by Gasteiger charge is 2.39. The van der Waals surface area contributed by atoms with E-state index in [1.54, 1.807) is 81.5 Å². The minimum absolute atomic E-state index is 0.0107. The third-order valence-electron chi connectivity index (χ3n) is 17.6. The lowest BCUT2D eigenvalue weighted by Crippen LogP contribution is -2.28. The quantitative estimate of drug-likeness (QED) is 0.0177. The lowest BCUT2D eigenvalue weighted by molar-refractivity contribution is -0.132. The van der Waals surface area contributed by atoms with E-state index in [1.807, 2.05) is 179 Å². The molecule has 0 heterocycles. The van der Waals surface area contributed by atoms with E-state index in [0.29, 0.717) is 27.8 Å². The van der Waals surface area contributed by atoms with Crippen LogP contribution in [0.5, 0.6) is 40.2 Å². The van der Waals surface area contributed by atoms with E-state index in [1.165, 1.54) is 54.6 Å². The molecule has 0 bridgehead atoms. The summed E-state index contributed by atoms with van der Waals surface area (Å²) in [5.41, 5.74) is 8.42. The molecular weight excluding hydrogens is 1340 g/mol. The van der Waals surface area contributed by atoms with Gasteiger partial charge in [0.2, 0.25) is 23.1 Å². The highest BCUT2D eigenvalue weighted by Crippen LogP contribution is 2.48. The highest BCUT2D eigenvalue weighted by molar-refractivity contribution is 6.53. The van der Waals surface area contributed by atoms with Gasteiger partial charge >= 0.3 is 0 Å². The number of benzene rings is 9. The number of phenolic OH excluding ortho intramolecular Hbond substituents is 7. The molecule has 3 aliphatic rings. The van der Waals surface area contributed by atoms with Gasteiger partial charge in [0.15, 0.2) is 11.6 Å². The van der Waals surface area contributed by atoms with Gasteiger partial charge < -0.3 is 46.0 Å². The van der Waals surface area contributed by atoms with Crippen LogP contribution in [0, 0.1) is 12.8 Å². The minimum Gasteiger partial charge on any atom is -0.508 e. The summed E-state index contributed by atoms with van der Waals surface area (Å²) in [5.74, 6) is -6.80. The molecule has 0 aromatic heterocycles. The second kappa shape index (κ2) is 33.9. The number of carbonyl (C=O) groups excluding carboxylic acids is 6. The van der Waals surface area contributed by atoms with Crippen LogP contribution in [0.15, 0.2) is 270 Å². The Morgan fingerprint density at radius 1 is 0.308 bits per heavy atom. The number of hydrogen-bond acceptors (Lipinski definition) is 15. The van der Waals surface area contributed by atoms with Crippen molar-refractivity contribution >= 4 is 106 Å². The van der Waals surface area contributed by atoms with Gasteiger partial charge in [0.05, 0.1) is 0 Å². The van der Waals surface area contributed by atoms with E-state index in [9.17, 15) is 74.7 Å². The molecule has 0 saturated heterocycles. The molecule has 0 amide bonds. The molecule has 0 unspecified atom stereocenters. The minimum atomic E-state index is -0.897. The topological polar surface area (TPSA) is 284 Å². The molecule has 15 heteroatoms. The summed E-state index contributed by atoms with van der Waals surface area (Å²) < 4.78 is 0. The van der Waals surface area contributed by atoms with E-state index < -0.39 is 34.8 Å². The molecule has 0 aliphatic heterocycles. The predicted octanol–water partition coefficient (Wildman–Crippen LogP) is 18.7. The van der Waals surface area contributed by atoms with Crippen LogP contribution >= 0.6 is 0 Å². The molecule has 534 valence electrons. The van der Waals surface area contributed by atoms with Crippen LogP contribution in [0.3, 0.4) is 0 Å². The fourth-order valence-corrected chi connectivity index (χ4v) is 12.3. The zero-order chi connectivity index (χ0) is 76.8. The molecule has 9 aromatic rings. The number of phenols is 7. The van der Waals surface area contributed by atoms with Crippen LogP contribution in [0.1, 0.15) is 118 Å². The number of Topliss-reactive ketones (excluding diaryl/α,β-unsaturated/α-hetero) is 4. The van der Waals surface area contributed by atoms with E-state index in [0.717, 1.165) is 45.5 Å². The van der Waals surface area contributed by atoms with Crippen LogP contribution in [0.25, 0.3) is 71.4 Å². The maximum Gasteiger partial charge on any atom is 0.234 e. The first-order valence-electron chi connectivity index (χ1n) is 34.2. The molecule has 0 fully saturated rings. The SMILES string of the molecule is CC(C)C1=C(O)C(c2c(/C=C/c3ccccc3)cc(O)c(C(C)C)c2O)=C(/C=C/c2ccccc2)C(=O)C1=O.CC1=CC(=O)C(c2c(O)cc(O)cc2/C=C/c2ccccc2)=C(/C=C/c2ccccc2)C1=O.Cc1ccc(/C=C/c2cc(O)cc(O)c2C2=C(/C=C/c3ccc(O)cc3)C(=O)C(=O)C=C2O)cc1. The standard InChI is InChI=1S/C34H32O5.C29H22O6.C29H22O4/c1-20(2)27-26(35)19-24(17-15-22-11-7-5-8-12-22)29(32(27)37)30-25(18-16-23-13-9-6-10-14-23)31(36)34(39)28(21(3)4)33(30)38;1-17-2-4-18(5-3-17)6-10-20-14-22(31)15-24(32)27(20)28-23(29(35)26(34)16-25(28)33)13-9-19-7-11-21(30)12-8-19;1-19-16-25(31)28(24(29(19)33)15-13-21-10-6-3-7-11-21)27-22(17-23(30)18-26(27)32)14-12-20-8-4-2-5-9-20/h5-21,35,37-38H,1-4H3;2-16,30-33H,1H3;2-18,30,32H,1H3/b17-15+,18-16+;10-6+,13-9+;14-12+,15-13+. The number of ketones is 6. The molecule has 0 radical (unpaired) electrons. The average molecular weight is 1420 g/mol. The predicted molar refractivity (Wildman–Crippen MR) is 422 cm³/mol. The van der Waals surface area contributed by atoms with E-state index in [4.69, 9.17) is 0 Å². The number of aryl methyl sites for hydroxylation is 1. The van der Waals surface area contributed by atoms with Gasteiger partial charge in [-0.05, 0) is 130 Å². The smallest absolute Gasteiger partial charge is 0.234 e. The van der Waals surface area contributed by atoms with Crippen LogP contribution in [0.2, 0.25) is 0 Å². The van der Waals surface area contributed by atoms with Gasteiger partial charge in [-0.3, -0.25) is 28.8 Å². The van der Waals surface area contributed by atoms with Crippen LogP contribution in [-0.4, -0.2) is 80.7 Å². The van der Waals surface area contributed by atoms with Crippen LogP contribution < -0.4 is 0 Å². The van der Waals surface area contributed by atoms with Gasteiger partial charge in [-0.2, -0.15) is 0 Å². The Kier molecular flexibility index (Phi) is 24.0. The van der Waals surface area contributed by atoms with Crippen molar-refractivity contribution in [2.24, 2.45) is 5.92 Å². The lowest BCUT2D eigenvalue weighted by Gasteiger charge is -2.25. The molecule has 107 heavy (non-hydrogen) atoms. The summed E-state index contributed by atoms with van der Waals surface area (Å²) >= 11 is 0. The molecule has 9 N–H and O–H groups in total.